The molecular weight excluding hydrogens is 300 g/mol. The molecule has 1 aromatic rings. The molecule has 7 heteroatoms. The predicted molar refractivity (Wildman–Crippen MR) is 85.9 cm³/mol. The highest BCUT2D eigenvalue weighted by Gasteiger charge is 2.14. The molecule has 0 spiro atoms. The number of carbonyl (C=O) groups is 1. The van der Waals surface area contributed by atoms with Crippen LogP contribution in [0.25, 0.3) is 0 Å². The van der Waals surface area contributed by atoms with E-state index >= 15 is 0 Å². The Morgan fingerprint density at radius 3 is 2.48 bits per heavy atom. The number of hydrogen-bond acceptors (Lipinski definition) is 6. The van der Waals surface area contributed by atoms with Gasteiger partial charge in [-0.15, -0.1) is 4.91 Å². The molecule has 0 saturated heterocycles. The molecule has 1 rings (SSSR count). The fourth-order valence-electron chi connectivity index (χ4n) is 1.90. The van der Waals surface area contributed by atoms with Gasteiger partial charge in [0.15, 0.2) is 0 Å². The fourth-order valence-corrected chi connectivity index (χ4v) is 1.90. The lowest BCUT2D eigenvalue weighted by molar-refractivity contribution is -0.140. The van der Waals surface area contributed by atoms with Crippen molar-refractivity contribution in [3.63, 3.8) is 0 Å². The van der Waals surface area contributed by atoms with Crippen molar-refractivity contribution >= 4 is 5.97 Å². The third-order valence-corrected chi connectivity index (χ3v) is 3.31. The summed E-state index contributed by atoms with van der Waals surface area (Å²) < 4.78 is 10.1. The lowest BCUT2D eigenvalue weighted by atomic mass is 10.1. The molecule has 0 aliphatic carbocycles. The molecule has 1 N–H and O–H groups in total. The third-order valence-electron chi connectivity index (χ3n) is 3.31. The van der Waals surface area contributed by atoms with E-state index in [1.54, 1.807) is 12.1 Å². The van der Waals surface area contributed by atoms with E-state index in [1.807, 2.05) is 26.0 Å². The topological polar surface area (TPSA) is 88.4 Å². The first-order valence-electron chi connectivity index (χ1n) is 7.52. The highest BCUT2D eigenvalue weighted by Crippen LogP contribution is 2.14. The van der Waals surface area contributed by atoms with Crippen LogP contribution in [0.3, 0.4) is 0 Å². The van der Waals surface area contributed by atoms with Crippen LogP contribution >= 0.6 is 0 Å². The summed E-state index contributed by atoms with van der Waals surface area (Å²) in [6.45, 7) is 3.84. The number of carbonyl (C=O) groups excluding carboxylic acids is 1. The Morgan fingerprint density at radius 2 is 1.96 bits per heavy atom. The average molecular weight is 324 g/mol. The first-order chi connectivity index (χ1) is 11.0. The first kappa shape index (κ1) is 18.9. The van der Waals surface area contributed by atoms with Gasteiger partial charge in [0.25, 0.3) is 0 Å². The van der Waals surface area contributed by atoms with Gasteiger partial charge in [0.1, 0.15) is 18.5 Å². The standard InChI is InChI=1S/C16H24N2O5/c1-12(2)18(17-21)10-14(19)11-23-15-7-4-13(5-8-15)6-9-16(20)22-3/h4-5,7-8,12,14,19H,6,9-11H2,1-3H3. The fraction of sp³-hybridized carbons (Fsp3) is 0.562. The summed E-state index contributed by atoms with van der Waals surface area (Å²) in [5.74, 6) is 0.368. The Morgan fingerprint density at radius 1 is 1.30 bits per heavy atom. The van der Waals surface area contributed by atoms with Crippen LogP contribution in [0, 0.1) is 4.91 Å². The predicted octanol–water partition coefficient (Wildman–Crippen LogP) is 1.92. The summed E-state index contributed by atoms with van der Waals surface area (Å²) >= 11 is 0. The van der Waals surface area contributed by atoms with Gasteiger partial charge in [-0.25, -0.2) is 0 Å². The number of methoxy groups -OCH3 is 1. The number of aliphatic hydroxyl groups is 1. The first-order valence-corrected chi connectivity index (χ1v) is 7.52. The molecule has 128 valence electrons. The quantitative estimate of drug-likeness (QED) is 0.402. The Labute approximate surface area is 136 Å². The zero-order chi connectivity index (χ0) is 17.2. The molecule has 0 aromatic heterocycles. The summed E-state index contributed by atoms with van der Waals surface area (Å²) in [5.41, 5.74) is 0.999. The summed E-state index contributed by atoms with van der Waals surface area (Å²) in [4.78, 5) is 21.7. The van der Waals surface area contributed by atoms with Crippen molar-refractivity contribution < 1.29 is 19.4 Å². The molecule has 0 saturated carbocycles. The lowest BCUT2D eigenvalue weighted by Gasteiger charge is -2.22. The maximum absolute atomic E-state index is 11.1. The average Bonchev–Trinajstić information content (AvgIpc) is 2.56. The van der Waals surface area contributed by atoms with Crippen LogP contribution in [0.2, 0.25) is 0 Å². The molecule has 0 heterocycles. The zero-order valence-electron chi connectivity index (χ0n) is 13.8. The van der Waals surface area contributed by atoms with E-state index in [9.17, 15) is 14.8 Å². The second kappa shape index (κ2) is 9.78. The number of benzene rings is 1. The van der Waals surface area contributed by atoms with E-state index in [0.29, 0.717) is 18.6 Å². The van der Waals surface area contributed by atoms with Crippen molar-refractivity contribution in [2.24, 2.45) is 5.29 Å². The Bertz CT molecular complexity index is 490. The molecule has 1 aromatic carbocycles. The molecule has 0 radical (unpaired) electrons. The Balaban J connectivity index is 2.40. The van der Waals surface area contributed by atoms with Crippen LogP contribution in [0.1, 0.15) is 25.8 Å². The van der Waals surface area contributed by atoms with E-state index in [2.05, 4.69) is 10.0 Å². The van der Waals surface area contributed by atoms with Gasteiger partial charge in [-0.1, -0.05) is 12.1 Å². The molecule has 0 aliphatic heterocycles. The highest BCUT2D eigenvalue weighted by atomic mass is 16.5. The molecule has 0 fully saturated rings. The maximum atomic E-state index is 11.1. The Hall–Kier alpha value is -2.15. The Kier molecular flexibility index (Phi) is 8.04. The van der Waals surface area contributed by atoms with Crippen LogP contribution in [0.15, 0.2) is 29.6 Å². The van der Waals surface area contributed by atoms with E-state index in [0.717, 1.165) is 5.56 Å². The number of esters is 1. The van der Waals surface area contributed by atoms with Gasteiger partial charge in [-0.2, -0.15) is 0 Å². The maximum Gasteiger partial charge on any atom is 0.305 e. The molecular formula is C16H24N2O5. The van der Waals surface area contributed by atoms with Crippen LogP contribution in [-0.4, -0.2) is 48.5 Å². The zero-order valence-corrected chi connectivity index (χ0v) is 13.8. The van der Waals surface area contributed by atoms with Gasteiger partial charge in [-0.3, -0.25) is 9.80 Å². The van der Waals surface area contributed by atoms with Crippen molar-refractivity contribution in [3.05, 3.63) is 34.7 Å². The summed E-state index contributed by atoms with van der Waals surface area (Å²) in [6, 6.07) is 7.20. The second-order valence-electron chi connectivity index (χ2n) is 5.48. The van der Waals surface area contributed by atoms with Crippen LogP contribution < -0.4 is 4.74 Å². The molecule has 0 aliphatic rings. The van der Waals surface area contributed by atoms with Gasteiger partial charge >= 0.3 is 5.97 Å². The number of nitrogens with zero attached hydrogens (tertiary/aromatic N) is 2. The van der Waals surface area contributed by atoms with E-state index in [1.165, 1.54) is 12.1 Å². The molecule has 1 atom stereocenters. The van der Waals surface area contributed by atoms with Crippen molar-refractivity contribution in [3.8, 4) is 5.75 Å². The number of nitroso groups, excluding NO2 is 1. The highest BCUT2D eigenvalue weighted by molar-refractivity contribution is 5.69. The SMILES string of the molecule is COC(=O)CCc1ccc(OCC(O)CN(N=O)C(C)C)cc1. The molecule has 7 nitrogen and oxygen atoms in total. The second-order valence-corrected chi connectivity index (χ2v) is 5.48. The summed E-state index contributed by atoms with van der Waals surface area (Å²) in [5, 5.41) is 14.0. The smallest absolute Gasteiger partial charge is 0.305 e. The molecule has 1 unspecified atom stereocenters. The largest absolute Gasteiger partial charge is 0.491 e. The lowest BCUT2D eigenvalue weighted by Crippen LogP contribution is -2.36. The van der Waals surface area contributed by atoms with Gasteiger partial charge in [0, 0.05) is 12.5 Å². The van der Waals surface area contributed by atoms with Crippen molar-refractivity contribution in [1.82, 2.24) is 5.01 Å². The third kappa shape index (κ3) is 7.10. The van der Waals surface area contributed by atoms with E-state index in [-0.39, 0.29) is 25.2 Å². The number of aliphatic hydroxyl groups excluding tert-OH is 1. The van der Waals surface area contributed by atoms with Gasteiger partial charge in [-0.05, 0) is 38.0 Å². The van der Waals surface area contributed by atoms with Crippen molar-refractivity contribution in [2.75, 3.05) is 20.3 Å². The normalized spacial score (nSPS) is 11.9. The number of aryl methyl sites for hydroxylation is 1. The monoisotopic (exact) mass is 324 g/mol. The van der Waals surface area contributed by atoms with Crippen LogP contribution in [0.5, 0.6) is 5.75 Å². The van der Waals surface area contributed by atoms with Crippen molar-refractivity contribution in [2.45, 2.75) is 38.8 Å². The molecule has 0 amide bonds. The van der Waals surface area contributed by atoms with Gasteiger partial charge in [0.2, 0.25) is 0 Å². The molecule has 0 bridgehead atoms. The summed E-state index contributed by atoms with van der Waals surface area (Å²) in [6.07, 6.45) is 0.123. The number of rotatable bonds is 10. The van der Waals surface area contributed by atoms with E-state index in [4.69, 9.17) is 4.74 Å². The molecule has 23 heavy (non-hydrogen) atoms. The minimum absolute atomic E-state index is 0.0697. The van der Waals surface area contributed by atoms with Crippen LogP contribution in [0.4, 0.5) is 0 Å². The minimum Gasteiger partial charge on any atom is -0.491 e. The van der Waals surface area contributed by atoms with Gasteiger partial charge in [0.05, 0.1) is 18.9 Å². The number of ether oxygens (including phenoxy) is 2. The van der Waals surface area contributed by atoms with E-state index < -0.39 is 6.10 Å². The number of hydrogen-bond donors (Lipinski definition) is 1. The van der Waals surface area contributed by atoms with Crippen LogP contribution in [-0.2, 0) is 16.0 Å². The van der Waals surface area contributed by atoms with Gasteiger partial charge < -0.3 is 14.6 Å². The minimum atomic E-state index is -0.811. The summed E-state index contributed by atoms with van der Waals surface area (Å²) in [7, 11) is 1.37. The van der Waals surface area contributed by atoms with Crippen molar-refractivity contribution in [1.29, 1.82) is 0 Å².